The first kappa shape index (κ1) is 33.4. The zero-order valence-corrected chi connectivity index (χ0v) is 29.8. The number of alkyl halides is 1. The minimum absolute atomic E-state index is 0.102. The fourth-order valence-electron chi connectivity index (χ4n) is 7.20. The quantitative estimate of drug-likeness (QED) is 0.135. The molecule has 222 valence electrons. The molecule has 0 saturated carbocycles. The van der Waals surface area contributed by atoms with Gasteiger partial charge >= 0.3 is 0 Å². The summed E-state index contributed by atoms with van der Waals surface area (Å²) in [4.78, 5) is 12.2. The highest BCUT2D eigenvalue weighted by molar-refractivity contribution is 9.09. The van der Waals surface area contributed by atoms with E-state index in [0.717, 1.165) is 6.29 Å². The molecule has 1 fully saturated rings. The Labute approximate surface area is 254 Å². The summed E-state index contributed by atoms with van der Waals surface area (Å²) in [5.74, 6) is 0. The van der Waals surface area contributed by atoms with Crippen molar-refractivity contribution < 1.29 is 18.4 Å². The fourth-order valence-corrected chi connectivity index (χ4v) is 18.3. The third-order valence-corrected chi connectivity index (χ3v) is 21.7. The van der Waals surface area contributed by atoms with Crippen molar-refractivity contribution in [2.45, 2.75) is 120 Å². The maximum absolute atomic E-state index is 12.3. The van der Waals surface area contributed by atoms with Gasteiger partial charge in [0.05, 0.1) is 16.5 Å². The van der Waals surface area contributed by atoms with E-state index in [1.807, 2.05) is 0 Å². The van der Waals surface area contributed by atoms with Crippen LogP contribution >= 0.6 is 15.9 Å². The topological polar surface area (TPSA) is 44.8 Å². The SMILES string of the molecule is CC(C)[Si](O[C@@H]1[C@@H](C=O)O[C@](C)(CCO[Si](c2ccccc2)(c2ccccc2)C(C)(C)C)[C@H]1Br)(C(C)C)C(C)C. The number of carbonyl (C=O) groups excluding carboxylic acids is 1. The molecule has 0 radical (unpaired) electrons. The molecule has 0 spiro atoms. The van der Waals surface area contributed by atoms with Crippen LogP contribution in [0.25, 0.3) is 0 Å². The van der Waals surface area contributed by atoms with Crippen molar-refractivity contribution in [1.29, 1.82) is 0 Å². The van der Waals surface area contributed by atoms with Crippen molar-refractivity contribution in [2.24, 2.45) is 0 Å². The van der Waals surface area contributed by atoms with Gasteiger partial charge in [0, 0.05) is 6.61 Å². The van der Waals surface area contributed by atoms with Gasteiger partial charge in [-0.15, -0.1) is 0 Å². The number of benzene rings is 2. The van der Waals surface area contributed by atoms with E-state index in [-0.39, 0.29) is 16.0 Å². The van der Waals surface area contributed by atoms with E-state index < -0.39 is 28.3 Å². The van der Waals surface area contributed by atoms with E-state index in [0.29, 0.717) is 29.7 Å². The third kappa shape index (κ3) is 6.16. The minimum Gasteiger partial charge on any atom is -0.409 e. The average Bonchev–Trinajstić information content (AvgIpc) is 3.13. The molecule has 1 heterocycles. The molecule has 7 heteroatoms. The predicted molar refractivity (Wildman–Crippen MR) is 176 cm³/mol. The first-order valence-electron chi connectivity index (χ1n) is 14.9. The molecule has 0 N–H and O–H groups in total. The zero-order chi connectivity index (χ0) is 29.9. The molecule has 4 nitrogen and oxygen atoms in total. The number of rotatable bonds is 12. The van der Waals surface area contributed by atoms with Crippen LogP contribution in [0.1, 0.15) is 75.7 Å². The molecular weight excluding hydrogens is 596 g/mol. The van der Waals surface area contributed by atoms with E-state index in [2.05, 4.69) is 146 Å². The minimum atomic E-state index is -2.67. The van der Waals surface area contributed by atoms with Gasteiger partial charge in [-0.3, -0.25) is 0 Å². The summed E-state index contributed by atoms with van der Waals surface area (Å²) in [6.07, 6.45) is 0.657. The summed E-state index contributed by atoms with van der Waals surface area (Å²) in [5, 5.41) is 2.42. The van der Waals surface area contributed by atoms with Crippen LogP contribution in [0, 0.1) is 0 Å². The smallest absolute Gasteiger partial charge is 0.261 e. The van der Waals surface area contributed by atoms with Gasteiger partial charge in [0.15, 0.2) is 6.29 Å². The third-order valence-electron chi connectivity index (χ3n) is 9.12. The summed E-state index contributed by atoms with van der Waals surface area (Å²) >= 11 is 3.99. The van der Waals surface area contributed by atoms with Crippen molar-refractivity contribution in [2.75, 3.05) is 6.61 Å². The van der Waals surface area contributed by atoms with Gasteiger partial charge in [-0.1, -0.05) is 139 Å². The Bertz CT molecular complexity index is 1030. The lowest BCUT2D eigenvalue weighted by Crippen LogP contribution is -2.66. The standard InChI is InChI=1S/C33H51BrO4Si2/c1-24(2)39(25(3)4,26(5)6)38-30-29(23-35)37-33(10,31(30)34)21-22-36-40(32(7,8)9,27-17-13-11-14-18-27)28-19-15-12-16-20-28/h11-20,23-26,29-31H,21-22H2,1-10H3/t29-,30-,31+,33-/m1/s1. The van der Waals surface area contributed by atoms with Gasteiger partial charge in [0.1, 0.15) is 6.10 Å². The van der Waals surface area contributed by atoms with Crippen LogP contribution in [0.3, 0.4) is 0 Å². The number of aldehydes is 1. The Hall–Kier alpha value is -1.10. The number of halogens is 1. The first-order chi connectivity index (χ1) is 18.7. The highest BCUT2D eigenvalue weighted by Gasteiger charge is 2.57. The highest BCUT2D eigenvalue weighted by Crippen LogP contribution is 2.48. The lowest BCUT2D eigenvalue weighted by molar-refractivity contribution is -0.125. The van der Waals surface area contributed by atoms with Crippen molar-refractivity contribution in [3.05, 3.63) is 60.7 Å². The van der Waals surface area contributed by atoms with E-state index >= 15 is 0 Å². The second-order valence-corrected chi connectivity index (χ2v) is 24.3. The number of ether oxygens (including phenoxy) is 1. The van der Waals surface area contributed by atoms with Gasteiger partial charge < -0.3 is 18.4 Å². The van der Waals surface area contributed by atoms with E-state index in [1.54, 1.807) is 0 Å². The molecule has 3 rings (SSSR count). The largest absolute Gasteiger partial charge is 0.409 e. The van der Waals surface area contributed by atoms with Crippen LogP contribution < -0.4 is 10.4 Å². The lowest BCUT2D eigenvalue weighted by Gasteiger charge is -2.45. The Morgan fingerprint density at radius 1 is 0.900 bits per heavy atom. The summed E-state index contributed by atoms with van der Waals surface area (Å²) in [6.45, 7) is 23.2. The molecule has 2 aromatic carbocycles. The fraction of sp³-hybridized carbons (Fsp3) is 0.606. The van der Waals surface area contributed by atoms with Gasteiger partial charge in [-0.2, -0.15) is 0 Å². The molecule has 4 atom stereocenters. The summed E-state index contributed by atoms with van der Waals surface area (Å²) < 4.78 is 20.9. The van der Waals surface area contributed by atoms with Crippen molar-refractivity contribution in [3.63, 3.8) is 0 Å². The molecular formula is C33H51BrO4Si2. The molecule has 1 aliphatic rings. The van der Waals surface area contributed by atoms with Gasteiger partial charge in [-0.25, -0.2) is 0 Å². The summed E-state index contributed by atoms with van der Waals surface area (Å²) in [5.41, 5.74) is 0.659. The van der Waals surface area contributed by atoms with Crippen LogP contribution in [0.4, 0.5) is 0 Å². The highest BCUT2D eigenvalue weighted by atomic mass is 79.9. The maximum Gasteiger partial charge on any atom is 0.261 e. The molecule has 40 heavy (non-hydrogen) atoms. The predicted octanol–water partition coefficient (Wildman–Crippen LogP) is 7.63. The summed E-state index contributed by atoms with van der Waals surface area (Å²) in [6, 6.07) is 21.4. The summed E-state index contributed by atoms with van der Waals surface area (Å²) in [7, 11) is -4.89. The number of carbonyl (C=O) groups is 1. The second kappa shape index (κ2) is 13.0. The molecule has 2 aromatic rings. The Kier molecular flexibility index (Phi) is 10.9. The Morgan fingerprint density at radius 2 is 1.35 bits per heavy atom. The lowest BCUT2D eigenvalue weighted by atomic mass is 9.97. The molecule has 0 aliphatic carbocycles. The van der Waals surface area contributed by atoms with E-state index in [1.165, 1.54) is 10.4 Å². The molecule has 0 amide bonds. The first-order valence-corrected chi connectivity index (χ1v) is 19.8. The monoisotopic (exact) mass is 646 g/mol. The van der Waals surface area contributed by atoms with E-state index in [4.69, 9.17) is 13.6 Å². The van der Waals surface area contributed by atoms with Crippen LogP contribution in [0.5, 0.6) is 0 Å². The average molecular weight is 648 g/mol. The van der Waals surface area contributed by atoms with Crippen molar-refractivity contribution in [1.82, 2.24) is 0 Å². The van der Waals surface area contributed by atoms with Crippen molar-refractivity contribution in [3.8, 4) is 0 Å². The van der Waals surface area contributed by atoms with Gasteiger partial charge in [-0.05, 0) is 45.4 Å². The van der Waals surface area contributed by atoms with Crippen LogP contribution in [-0.4, -0.2) is 52.2 Å². The maximum atomic E-state index is 12.3. The van der Waals surface area contributed by atoms with Crippen LogP contribution in [-0.2, 0) is 18.4 Å². The number of hydrogen-bond donors (Lipinski definition) is 0. The van der Waals surface area contributed by atoms with E-state index in [9.17, 15) is 4.79 Å². The Morgan fingerprint density at radius 3 is 1.73 bits per heavy atom. The molecule has 1 aliphatic heterocycles. The molecule has 0 aromatic heterocycles. The van der Waals surface area contributed by atoms with Crippen LogP contribution in [0.15, 0.2) is 60.7 Å². The normalized spacial score (nSPS) is 24.3. The number of hydrogen-bond acceptors (Lipinski definition) is 4. The van der Waals surface area contributed by atoms with Gasteiger partial charge in [0.25, 0.3) is 8.32 Å². The van der Waals surface area contributed by atoms with Crippen LogP contribution in [0.2, 0.25) is 21.7 Å². The molecule has 1 saturated heterocycles. The second-order valence-electron chi connectivity index (χ2n) is 13.6. The molecule has 0 unspecified atom stereocenters. The zero-order valence-electron chi connectivity index (χ0n) is 26.2. The van der Waals surface area contributed by atoms with Gasteiger partial charge in [0.2, 0.25) is 8.32 Å². The Balaban J connectivity index is 1.93. The molecule has 0 bridgehead atoms. The van der Waals surface area contributed by atoms with Crippen molar-refractivity contribution >= 4 is 49.2 Å².